The number of carboxylic acids is 1. The molecule has 0 fully saturated rings. The predicted octanol–water partition coefficient (Wildman–Crippen LogP) is 5.41. The Morgan fingerprint density at radius 3 is 2.39 bits per heavy atom. The predicted molar refractivity (Wildman–Crippen MR) is 131 cm³/mol. The maximum Gasteiger partial charge on any atom is 0.339 e. The van der Waals surface area contributed by atoms with Crippen LogP contribution in [-0.4, -0.2) is 42.6 Å². The average molecular weight is 486 g/mol. The zero-order valence-electron chi connectivity index (χ0n) is 18.0. The van der Waals surface area contributed by atoms with Gasteiger partial charge in [-0.3, -0.25) is 0 Å². The summed E-state index contributed by atoms with van der Waals surface area (Å²) < 4.78 is 10.6. The monoisotopic (exact) mass is 485 g/mol. The van der Waals surface area contributed by atoms with Crippen LogP contribution in [0.2, 0.25) is 5.02 Å². The van der Waals surface area contributed by atoms with E-state index >= 15 is 0 Å². The quantitative estimate of drug-likeness (QED) is 0.213. The number of methoxy groups -OCH3 is 1. The molecule has 0 spiro atoms. The summed E-state index contributed by atoms with van der Waals surface area (Å²) >= 11 is 7.57. The van der Waals surface area contributed by atoms with Crippen molar-refractivity contribution in [3.63, 3.8) is 0 Å². The number of benzene rings is 3. The van der Waals surface area contributed by atoms with Crippen molar-refractivity contribution in [1.82, 2.24) is 0 Å². The van der Waals surface area contributed by atoms with E-state index in [9.17, 15) is 14.7 Å². The van der Waals surface area contributed by atoms with Crippen molar-refractivity contribution in [2.75, 3.05) is 24.8 Å². The van der Waals surface area contributed by atoms with Crippen LogP contribution in [0.4, 0.5) is 5.69 Å². The lowest BCUT2D eigenvalue weighted by Gasteiger charge is -2.18. The lowest BCUT2D eigenvalue weighted by Crippen LogP contribution is -2.32. The fourth-order valence-electron chi connectivity index (χ4n) is 3.09. The third-order valence-corrected chi connectivity index (χ3v) is 5.99. The van der Waals surface area contributed by atoms with Crippen LogP contribution < -0.4 is 10.1 Å². The first-order chi connectivity index (χ1) is 16.0. The maximum absolute atomic E-state index is 12.0. The van der Waals surface area contributed by atoms with Gasteiger partial charge in [0.15, 0.2) is 0 Å². The molecule has 0 aromatic heterocycles. The highest BCUT2D eigenvalue weighted by Gasteiger charge is 2.21. The standard InChI is InChI=1S/C25H24ClNO5S/c1-31-25(30)21-4-2-3-5-22(21)27-23(24(28)29)16-17-6-10-19(11-7-17)32-14-15-33-20-12-8-18(26)9-13-20/h2-13,23,27H,14-16H2,1H3,(H,28,29). The molecule has 1 unspecified atom stereocenters. The van der Waals surface area contributed by atoms with Crippen molar-refractivity contribution in [2.24, 2.45) is 0 Å². The molecule has 1 atom stereocenters. The van der Waals surface area contributed by atoms with E-state index in [0.717, 1.165) is 16.2 Å². The summed E-state index contributed by atoms with van der Waals surface area (Å²) in [5.41, 5.74) is 1.52. The number of halogens is 1. The Kier molecular flexibility index (Phi) is 9.04. The molecule has 3 rings (SSSR count). The molecule has 0 saturated heterocycles. The largest absolute Gasteiger partial charge is 0.493 e. The summed E-state index contributed by atoms with van der Waals surface area (Å²) in [4.78, 5) is 24.9. The van der Waals surface area contributed by atoms with Crippen molar-refractivity contribution >= 4 is 41.0 Å². The number of esters is 1. The molecule has 2 N–H and O–H groups in total. The average Bonchev–Trinajstić information content (AvgIpc) is 2.83. The molecule has 0 aliphatic heterocycles. The van der Waals surface area contributed by atoms with E-state index in [-0.39, 0.29) is 12.0 Å². The summed E-state index contributed by atoms with van der Waals surface area (Å²) in [6, 6.07) is 20.7. The molecule has 6 nitrogen and oxygen atoms in total. The second-order valence-electron chi connectivity index (χ2n) is 7.07. The van der Waals surface area contributed by atoms with Crippen molar-refractivity contribution in [2.45, 2.75) is 17.4 Å². The fraction of sp³-hybridized carbons (Fsp3) is 0.200. The zero-order chi connectivity index (χ0) is 23.6. The molecule has 3 aromatic carbocycles. The first kappa shape index (κ1) is 24.5. The van der Waals surface area contributed by atoms with Gasteiger partial charge in [0.05, 0.1) is 19.3 Å². The Bertz CT molecular complexity index is 1070. The smallest absolute Gasteiger partial charge is 0.339 e. The first-order valence-corrected chi connectivity index (χ1v) is 11.6. The van der Waals surface area contributed by atoms with E-state index in [2.05, 4.69) is 5.32 Å². The summed E-state index contributed by atoms with van der Waals surface area (Å²) in [6.45, 7) is 0.538. The number of anilines is 1. The number of ether oxygens (including phenoxy) is 2. The number of carboxylic acid groups (broad SMARTS) is 1. The number of carbonyl (C=O) groups excluding carboxylic acids is 1. The Balaban J connectivity index is 1.54. The Morgan fingerprint density at radius 1 is 1.03 bits per heavy atom. The third kappa shape index (κ3) is 7.44. The van der Waals surface area contributed by atoms with Crippen LogP contribution in [0.5, 0.6) is 5.75 Å². The zero-order valence-corrected chi connectivity index (χ0v) is 19.6. The van der Waals surface area contributed by atoms with E-state index in [1.54, 1.807) is 36.0 Å². The van der Waals surface area contributed by atoms with E-state index in [1.165, 1.54) is 7.11 Å². The molecule has 172 valence electrons. The normalized spacial score (nSPS) is 11.5. The molecule has 0 radical (unpaired) electrons. The van der Waals surface area contributed by atoms with Crippen LogP contribution in [0.25, 0.3) is 0 Å². The molecule has 0 aliphatic rings. The lowest BCUT2D eigenvalue weighted by atomic mass is 10.0. The van der Waals surface area contributed by atoms with Gasteiger partial charge in [-0.15, -0.1) is 11.8 Å². The van der Waals surface area contributed by atoms with Crippen LogP contribution in [0.15, 0.2) is 77.7 Å². The van der Waals surface area contributed by atoms with Crippen molar-refractivity contribution in [1.29, 1.82) is 0 Å². The van der Waals surface area contributed by atoms with Crippen LogP contribution >= 0.6 is 23.4 Å². The van der Waals surface area contributed by atoms with E-state index < -0.39 is 18.0 Å². The van der Waals surface area contributed by atoms with Gasteiger partial charge in [-0.05, 0) is 54.1 Å². The number of hydrogen-bond donors (Lipinski definition) is 2. The highest BCUT2D eigenvalue weighted by molar-refractivity contribution is 7.99. The Morgan fingerprint density at radius 2 is 1.73 bits per heavy atom. The number of thioether (sulfide) groups is 1. The van der Waals surface area contributed by atoms with Crippen molar-refractivity contribution in [3.05, 3.63) is 88.9 Å². The van der Waals surface area contributed by atoms with Gasteiger partial charge in [0.1, 0.15) is 11.8 Å². The number of rotatable bonds is 11. The minimum atomic E-state index is -1.02. The second kappa shape index (κ2) is 12.2. The van der Waals surface area contributed by atoms with Crippen LogP contribution in [-0.2, 0) is 16.0 Å². The molecule has 3 aromatic rings. The number of nitrogens with one attached hydrogen (secondary N) is 1. The SMILES string of the molecule is COC(=O)c1ccccc1NC(Cc1ccc(OCCSc2ccc(Cl)cc2)cc1)C(=O)O. The van der Waals surface area contributed by atoms with Crippen molar-refractivity contribution in [3.8, 4) is 5.75 Å². The Labute approximate surface area is 201 Å². The summed E-state index contributed by atoms with van der Waals surface area (Å²) in [5.74, 6) is -0.0490. The molecule has 0 saturated carbocycles. The van der Waals surface area contributed by atoms with Gasteiger partial charge in [0.25, 0.3) is 0 Å². The molecule has 33 heavy (non-hydrogen) atoms. The third-order valence-electron chi connectivity index (χ3n) is 4.76. The molecule has 8 heteroatoms. The Hall–Kier alpha value is -3.16. The van der Waals surface area contributed by atoms with Gasteiger partial charge in [-0.2, -0.15) is 0 Å². The molecule has 0 amide bonds. The van der Waals surface area contributed by atoms with Gasteiger partial charge in [0, 0.05) is 27.8 Å². The number of hydrogen-bond acceptors (Lipinski definition) is 6. The van der Waals surface area contributed by atoms with Gasteiger partial charge in [0.2, 0.25) is 0 Å². The number of para-hydroxylation sites is 1. The molecular weight excluding hydrogens is 462 g/mol. The van der Waals surface area contributed by atoms with Crippen molar-refractivity contribution < 1.29 is 24.2 Å². The van der Waals surface area contributed by atoms with E-state index in [1.807, 2.05) is 48.5 Å². The topological polar surface area (TPSA) is 84.9 Å². The fourth-order valence-corrected chi connectivity index (χ4v) is 3.95. The van der Waals surface area contributed by atoms with Gasteiger partial charge >= 0.3 is 11.9 Å². The molecule has 0 bridgehead atoms. The summed E-state index contributed by atoms with van der Waals surface area (Å²) in [5, 5.41) is 13.3. The van der Waals surface area contributed by atoms with E-state index in [0.29, 0.717) is 23.1 Å². The number of aliphatic carboxylic acids is 1. The van der Waals surface area contributed by atoms with Crippen LogP contribution in [0.3, 0.4) is 0 Å². The summed E-state index contributed by atoms with van der Waals surface area (Å²) in [7, 11) is 1.29. The van der Waals surface area contributed by atoms with Crippen LogP contribution in [0.1, 0.15) is 15.9 Å². The summed E-state index contributed by atoms with van der Waals surface area (Å²) in [6.07, 6.45) is 0.234. The molecule has 0 aliphatic carbocycles. The minimum absolute atomic E-state index is 0.234. The maximum atomic E-state index is 12.0. The highest BCUT2D eigenvalue weighted by Crippen LogP contribution is 2.22. The first-order valence-electron chi connectivity index (χ1n) is 10.2. The number of carbonyl (C=O) groups is 2. The van der Waals surface area contributed by atoms with Gasteiger partial charge in [-0.25, -0.2) is 9.59 Å². The van der Waals surface area contributed by atoms with Gasteiger partial charge < -0.3 is 19.9 Å². The van der Waals surface area contributed by atoms with E-state index in [4.69, 9.17) is 21.1 Å². The second-order valence-corrected chi connectivity index (χ2v) is 8.68. The highest BCUT2D eigenvalue weighted by atomic mass is 35.5. The minimum Gasteiger partial charge on any atom is -0.493 e. The molecular formula is C25H24ClNO5S. The van der Waals surface area contributed by atoms with Gasteiger partial charge in [-0.1, -0.05) is 35.9 Å². The molecule has 0 heterocycles. The van der Waals surface area contributed by atoms with Crippen LogP contribution in [0, 0.1) is 0 Å². The lowest BCUT2D eigenvalue weighted by molar-refractivity contribution is -0.137.